The first-order chi connectivity index (χ1) is 13.5. The number of rotatable bonds is 7. The molecule has 9 heteroatoms. The standard InChI is InChI=1S/C19H25N5O3S/c1-14(25)21-19-20-11-17(28-19)12-23-7-9-24(10-8-23)13-18(26)22-15-3-5-16(27-2)6-4-15/h3-6,11H,7-10,12-13H2,1-2H3,(H,22,26)(H,20,21,25). The van der Waals surface area contributed by atoms with Gasteiger partial charge in [-0.15, -0.1) is 11.3 Å². The summed E-state index contributed by atoms with van der Waals surface area (Å²) in [6.07, 6.45) is 1.81. The molecule has 0 spiro atoms. The molecule has 1 aliphatic rings. The molecule has 3 rings (SSSR count). The summed E-state index contributed by atoms with van der Waals surface area (Å²) in [6.45, 7) is 6.13. The third kappa shape index (κ3) is 6.01. The molecule has 1 aliphatic heterocycles. The van der Waals surface area contributed by atoms with E-state index >= 15 is 0 Å². The number of ether oxygens (including phenoxy) is 1. The largest absolute Gasteiger partial charge is 0.497 e. The van der Waals surface area contributed by atoms with Crippen LogP contribution in [0.15, 0.2) is 30.5 Å². The van der Waals surface area contributed by atoms with E-state index in [4.69, 9.17) is 4.74 Å². The van der Waals surface area contributed by atoms with E-state index in [1.807, 2.05) is 30.5 Å². The van der Waals surface area contributed by atoms with E-state index in [9.17, 15) is 9.59 Å². The van der Waals surface area contributed by atoms with Gasteiger partial charge in [0.25, 0.3) is 0 Å². The number of nitrogens with one attached hydrogen (secondary N) is 2. The van der Waals surface area contributed by atoms with Crippen molar-refractivity contribution in [3.63, 3.8) is 0 Å². The molecular weight excluding hydrogens is 378 g/mol. The van der Waals surface area contributed by atoms with Gasteiger partial charge in [0, 0.05) is 56.4 Å². The maximum absolute atomic E-state index is 12.3. The number of thiazole rings is 1. The van der Waals surface area contributed by atoms with Crippen molar-refractivity contribution < 1.29 is 14.3 Å². The molecule has 2 heterocycles. The van der Waals surface area contributed by atoms with Crippen LogP contribution in [0, 0.1) is 0 Å². The minimum atomic E-state index is -0.109. The summed E-state index contributed by atoms with van der Waals surface area (Å²) in [4.78, 5) is 33.2. The van der Waals surface area contributed by atoms with Gasteiger partial charge in [-0.3, -0.25) is 19.4 Å². The summed E-state index contributed by atoms with van der Waals surface area (Å²) in [5.41, 5.74) is 0.768. The lowest BCUT2D eigenvalue weighted by atomic mass is 10.3. The van der Waals surface area contributed by atoms with E-state index in [1.54, 1.807) is 7.11 Å². The molecular formula is C19H25N5O3S. The highest BCUT2D eigenvalue weighted by atomic mass is 32.1. The van der Waals surface area contributed by atoms with E-state index in [-0.39, 0.29) is 11.8 Å². The van der Waals surface area contributed by atoms with E-state index in [1.165, 1.54) is 18.3 Å². The zero-order valence-corrected chi connectivity index (χ0v) is 16.9. The van der Waals surface area contributed by atoms with Crippen LogP contribution >= 0.6 is 11.3 Å². The Hall–Kier alpha value is -2.49. The summed E-state index contributed by atoms with van der Waals surface area (Å²) >= 11 is 1.50. The fraction of sp³-hybridized carbons (Fsp3) is 0.421. The Morgan fingerprint density at radius 1 is 1.11 bits per heavy atom. The number of amides is 2. The number of methoxy groups -OCH3 is 1. The normalized spacial score (nSPS) is 15.2. The van der Waals surface area contributed by atoms with Crippen LogP contribution < -0.4 is 15.4 Å². The van der Waals surface area contributed by atoms with E-state index < -0.39 is 0 Å². The van der Waals surface area contributed by atoms with Crippen molar-refractivity contribution in [1.29, 1.82) is 0 Å². The Morgan fingerprint density at radius 3 is 2.43 bits per heavy atom. The molecule has 2 N–H and O–H groups in total. The number of anilines is 2. The molecule has 150 valence electrons. The Kier molecular flexibility index (Phi) is 6.96. The second kappa shape index (κ2) is 9.63. The Labute approximate surface area is 168 Å². The first-order valence-corrected chi connectivity index (χ1v) is 9.94. The molecule has 2 aromatic rings. The molecule has 28 heavy (non-hydrogen) atoms. The highest BCUT2D eigenvalue weighted by Gasteiger charge is 2.20. The third-order valence-electron chi connectivity index (χ3n) is 4.42. The Balaban J connectivity index is 1.40. The zero-order chi connectivity index (χ0) is 19.9. The van der Waals surface area contributed by atoms with Crippen molar-refractivity contribution in [2.45, 2.75) is 13.5 Å². The predicted octanol–water partition coefficient (Wildman–Crippen LogP) is 1.87. The average Bonchev–Trinajstić information content (AvgIpc) is 3.10. The van der Waals surface area contributed by atoms with E-state index in [0.717, 1.165) is 49.0 Å². The Morgan fingerprint density at radius 2 is 1.79 bits per heavy atom. The minimum absolute atomic E-state index is 0.0129. The van der Waals surface area contributed by atoms with Crippen molar-refractivity contribution in [3.8, 4) is 5.75 Å². The van der Waals surface area contributed by atoms with Gasteiger partial charge in [-0.1, -0.05) is 0 Å². The minimum Gasteiger partial charge on any atom is -0.497 e. The monoisotopic (exact) mass is 403 g/mol. The molecule has 1 aromatic heterocycles. The van der Waals surface area contributed by atoms with Crippen LogP contribution in [0.25, 0.3) is 0 Å². The molecule has 0 unspecified atom stereocenters. The fourth-order valence-electron chi connectivity index (χ4n) is 2.99. The number of piperazine rings is 1. The zero-order valence-electron chi connectivity index (χ0n) is 16.1. The van der Waals surface area contributed by atoms with Gasteiger partial charge in [0.15, 0.2) is 5.13 Å². The molecule has 2 amide bonds. The predicted molar refractivity (Wildman–Crippen MR) is 110 cm³/mol. The third-order valence-corrected chi connectivity index (χ3v) is 5.32. The second-order valence-corrected chi connectivity index (χ2v) is 7.76. The Bertz CT molecular complexity index is 800. The summed E-state index contributed by atoms with van der Waals surface area (Å²) in [5, 5.41) is 6.26. The van der Waals surface area contributed by atoms with Crippen LogP contribution in [0.1, 0.15) is 11.8 Å². The summed E-state index contributed by atoms with van der Waals surface area (Å²) in [6, 6.07) is 7.31. The number of nitrogens with zero attached hydrogens (tertiary/aromatic N) is 3. The molecule has 0 atom stereocenters. The lowest BCUT2D eigenvalue weighted by Crippen LogP contribution is -2.48. The van der Waals surface area contributed by atoms with Gasteiger partial charge in [-0.2, -0.15) is 0 Å². The molecule has 1 aromatic carbocycles. The van der Waals surface area contributed by atoms with Crippen LogP contribution in [-0.2, 0) is 16.1 Å². The SMILES string of the molecule is COc1ccc(NC(=O)CN2CCN(Cc3cnc(NC(C)=O)s3)CC2)cc1. The van der Waals surface area contributed by atoms with Crippen molar-refractivity contribution in [2.24, 2.45) is 0 Å². The molecule has 1 fully saturated rings. The highest BCUT2D eigenvalue weighted by molar-refractivity contribution is 7.15. The van der Waals surface area contributed by atoms with Crippen LogP contribution in [-0.4, -0.2) is 66.4 Å². The quantitative estimate of drug-likeness (QED) is 0.734. The van der Waals surface area contributed by atoms with Crippen LogP contribution in [0.4, 0.5) is 10.8 Å². The molecule has 0 aliphatic carbocycles. The number of carbonyl (C=O) groups is 2. The molecule has 0 radical (unpaired) electrons. The van der Waals surface area contributed by atoms with Crippen LogP contribution in [0.5, 0.6) is 5.75 Å². The second-order valence-electron chi connectivity index (χ2n) is 6.64. The number of hydrogen-bond donors (Lipinski definition) is 2. The van der Waals surface area contributed by atoms with Gasteiger partial charge in [-0.05, 0) is 24.3 Å². The summed E-state index contributed by atoms with van der Waals surface area (Å²) in [5.74, 6) is 0.641. The molecule has 8 nitrogen and oxygen atoms in total. The number of benzene rings is 1. The van der Waals surface area contributed by atoms with Gasteiger partial charge in [-0.25, -0.2) is 4.98 Å². The van der Waals surface area contributed by atoms with Crippen molar-refractivity contribution in [1.82, 2.24) is 14.8 Å². The topological polar surface area (TPSA) is 86.8 Å². The molecule has 0 saturated carbocycles. The first kappa shape index (κ1) is 20.2. The maximum atomic E-state index is 12.3. The van der Waals surface area contributed by atoms with Gasteiger partial charge < -0.3 is 15.4 Å². The molecule has 0 bridgehead atoms. The van der Waals surface area contributed by atoms with Gasteiger partial charge >= 0.3 is 0 Å². The van der Waals surface area contributed by atoms with Crippen LogP contribution in [0.3, 0.4) is 0 Å². The summed E-state index contributed by atoms with van der Waals surface area (Å²) < 4.78 is 5.12. The fourth-order valence-corrected chi connectivity index (χ4v) is 3.89. The number of hydrogen-bond acceptors (Lipinski definition) is 7. The van der Waals surface area contributed by atoms with Gasteiger partial charge in [0.2, 0.25) is 11.8 Å². The lowest BCUT2D eigenvalue weighted by Gasteiger charge is -2.33. The summed E-state index contributed by atoms with van der Waals surface area (Å²) in [7, 11) is 1.62. The van der Waals surface area contributed by atoms with E-state index in [2.05, 4.69) is 25.4 Å². The number of aromatic nitrogens is 1. The van der Waals surface area contributed by atoms with Gasteiger partial charge in [0.1, 0.15) is 5.75 Å². The number of carbonyl (C=O) groups excluding carboxylic acids is 2. The van der Waals surface area contributed by atoms with E-state index in [0.29, 0.717) is 11.7 Å². The lowest BCUT2D eigenvalue weighted by molar-refractivity contribution is -0.117. The van der Waals surface area contributed by atoms with Crippen molar-refractivity contribution in [3.05, 3.63) is 35.3 Å². The van der Waals surface area contributed by atoms with Crippen molar-refractivity contribution >= 4 is 34.0 Å². The van der Waals surface area contributed by atoms with Crippen molar-refractivity contribution in [2.75, 3.05) is 50.5 Å². The first-order valence-electron chi connectivity index (χ1n) is 9.13. The van der Waals surface area contributed by atoms with Crippen LogP contribution in [0.2, 0.25) is 0 Å². The highest BCUT2D eigenvalue weighted by Crippen LogP contribution is 2.20. The maximum Gasteiger partial charge on any atom is 0.238 e. The molecule has 1 saturated heterocycles. The van der Waals surface area contributed by atoms with Gasteiger partial charge in [0.05, 0.1) is 13.7 Å². The average molecular weight is 404 g/mol. The smallest absolute Gasteiger partial charge is 0.238 e.